The van der Waals surface area contributed by atoms with Gasteiger partial charge < -0.3 is 9.88 Å². The lowest BCUT2D eigenvalue weighted by Crippen LogP contribution is -2.14. The second kappa shape index (κ2) is 10.6. The normalized spacial score (nSPS) is 11.0. The second-order valence-corrected chi connectivity index (χ2v) is 8.88. The Morgan fingerprint density at radius 1 is 1.13 bits per heavy atom. The van der Waals surface area contributed by atoms with E-state index in [0.29, 0.717) is 40.3 Å². The highest BCUT2D eigenvalue weighted by Gasteiger charge is 2.16. The minimum atomic E-state index is -0.0287. The maximum Gasteiger partial charge on any atom is 0.224 e. The molecule has 0 saturated carbocycles. The lowest BCUT2D eigenvalue weighted by atomic mass is 10.1. The Hall–Kier alpha value is -2.64. The number of hydrogen-bond acceptors (Lipinski definition) is 5. The van der Waals surface area contributed by atoms with Gasteiger partial charge in [0.15, 0.2) is 16.8 Å². The van der Waals surface area contributed by atoms with Gasteiger partial charge in [-0.15, -0.1) is 10.2 Å². The van der Waals surface area contributed by atoms with Gasteiger partial charge in [-0.05, 0) is 49.2 Å². The molecule has 1 heterocycles. The van der Waals surface area contributed by atoms with E-state index in [2.05, 4.69) is 15.5 Å². The maximum atomic E-state index is 12.6. The van der Waals surface area contributed by atoms with Crippen LogP contribution in [0.4, 0.5) is 5.69 Å². The van der Waals surface area contributed by atoms with E-state index in [1.54, 1.807) is 24.3 Å². The highest BCUT2D eigenvalue weighted by Crippen LogP contribution is 2.26. The van der Waals surface area contributed by atoms with Crippen molar-refractivity contribution >= 4 is 40.7 Å². The molecule has 0 atom stereocenters. The fourth-order valence-electron chi connectivity index (χ4n) is 3.06. The van der Waals surface area contributed by atoms with Crippen molar-refractivity contribution in [1.82, 2.24) is 14.8 Å². The number of hydrogen-bond donors (Lipinski definition) is 1. The number of carbonyl (C=O) groups is 2. The lowest BCUT2D eigenvalue weighted by molar-refractivity contribution is -0.116. The molecule has 0 spiro atoms. The van der Waals surface area contributed by atoms with Crippen LogP contribution in [0.25, 0.3) is 11.4 Å². The van der Waals surface area contributed by atoms with E-state index in [0.717, 1.165) is 11.4 Å². The van der Waals surface area contributed by atoms with E-state index in [1.165, 1.54) is 11.8 Å². The Balaban J connectivity index is 1.64. The largest absolute Gasteiger partial charge is 0.326 e. The van der Waals surface area contributed by atoms with Crippen molar-refractivity contribution < 1.29 is 9.59 Å². The molecule has 3 rings (SSSR count). The van der Waals surface area contributed by atoms with Crippen LogP contribution in [0.3, 0.4) is 0 Å². The first-order valence-electron chi connectivity index (χ1n) is 10.1. The van der Waals surface area contributed by atoms with Crippen LogP contribution in [-0.4, -0.2) is 32.2 Å². The minimum Gasteiger partial charge on any atom is -0.326 e. The molecule has 1 N–H and O–H groups in total. The van der Waals surface area contributed by atoms with Gasteiger partial charge >= 0.3 is 0 Å². The van der Waals surface area contributed by atoms with Crippen molar-refractivity contribution in [2.75, 3.05) is 11.1 Å². The van der Waals surface area contributed by atoms with Crippen LogP contribution >= 0.6 is 23.4 Å². The van der Waals surface area contributed by atoms with Crippen molar-refractivity contribution in [3.8, 4) is 11.4 Å². The predicted molar refractivity (Wildman–Crippen MR) is 126 cm³/mol. The van der Waals surface area contributed by atoms with E-state index < -0.39 is 0 Å². The van der Waals surface area contributed by atoms with E-state index >= 15 is 0 Å². The molecule has 8 heteroatoms. The molecule has 31 heavy (non-hydrogen) atoms. The number of nitrogens with one attached hydrogen (secondary N) is 1. The van der Waals surface area contributed by atoms with E-state index in [4.69, 9.17) is 11.6 Å². The number of amides is 1. The zero-order valence-electron chi connectivity index (χ0n) is 17.8. The van der Waals surface area contributed by atoms with Gasteiger partial charge in [-0.2, -0.15) is 0 Å². The molecule has 0 unspecified atom stereocenters. The Morgan fingerprint density at radius 2 is 1.87 bits per heavy atom. The summed E-state index contributed by atoms with van der Waals surface area (Å²) in [6.45, 7) is 6.68. The van der Waals surface area contributed by atoms with Crippen LogP contribution in [0, 0.1) is 5.92 Å². The topological polar surface area (TPSA) is 76.9 Å². The van der Waals surface area contributed by atoms with Gasteiger partial charge in [0.25, 0.3) is 0 Å². The van der Waals surface area contributed by atoms with Crippen LogP contribution in [-0.2, 0) is 11.3 Å². The molecular formula is C23H25ClN4O2S. The quantitative estimate of drug-likeness (QED) is 0.336. The molecule has 3 aromatic rings. The highest BCUT2D eigenvalue weighted by atomic mass is 35.5. The predicted octanol–water partition coefficient (Wildman–Crippen LogP) is 5.58. The van der Waals surface area contributed by atoms with Gasteiger partial charge in [0.1, 0.15) is 0 Å². The third kappa shape index (κ3) is 6.18. The first kappa shape index (κ1) is 23.0. The van der Waals surface area contributed by atoms with Gasteiger partial charge in [0, 0.05) is 34.8 Å². The van der Waals surface area contributed by atoms with E-state index in [9.17, 15) is 9.59 Å². The first-order valence-corrected chi connectivity index (χ1v) is 11.5. The SMILES string of the molecule is CCn1c(SCC(=O)c2ccc(NC(=O)CC(C)C)cc2)nnc1-c1cccc(Cl)c1. The second-order valence-electron chi connectivity index (χ2n) is 7.50. The molecule has 0 aliphatic carbocycles. The number of carbonyl (C=O) groups excluding carboxylic acids is 2. The van der Waals surface area contributed by atoms with Crippen LogP contribution in [0.5, 0.6) is 0 Å². The fourth-order valence-corrected chi connectivity index (χ4v) is 4.14. The van der Waals surface area contributed by atoms with E-state index in [-0.39, 0.29) is 17.4 Å². The van der Waals surface area contributed by atoms with Gasteiger partial charge in [-0.3, -0.25) is 9.59 Å². The number of halogens is 1. The zero-order chi connectivity index (χ0) is 22.4. The average molecular weight is 457 g/mol. The number of Topliss-reactive ketones (excluding diaryl/α,β-unsaturated/α-hetero) is 1. The van der Waals surface area contributed by atoms with Gasteiger partial charge in [-0.25, -0.2) is 0 Å². The lowest BCUT2D eigenvalue weighted by Gasteiger charge is -2.09. The standard InChI is InChI=1S/C23H25ClN4O2S/c1-4-28-22(17-6-5-7-18(24)13-17)26-27-23(28)31-14-20(29)16-8-10-19(11-9-16)25-21(30)12-15(2)3/h5-11,13,15H,4,12,14H2,1-3H3,(H,25,30). The number of anilines is 1. The molecule has 0 aliphatic rings. The molecule has 2 aromatic carbocycles. The van der Waals surface area contributed by atoms with Crippen LogP contribution < -0.4 is 5.32 Å². The number of nitrogens with zero attached hydrogens (tertiary/aromatic N) is 3. The molecule has 1 aromatic heterocycles. The molecule has 0 fully saturated rings. The summed E-state index contributed by atoms with van der Waals surface area (Å²) < 4.78 is 1.97. The highest BCUT2D eigenvalue weighted by molar-refractivity contribution is 7.99. The van der Waals surface area contributed by atoms with Crippen molar-refractivity contribution in [2.24, 2.45) is 5.92 Å². The Bertz CT molecular complexity index is 1060. The monoisotopic (exact) mass is 456 g/mol. The number of rotatable bonds is 9. The molecule has 0 aliphatic heterocycles. The molecule has 0 saturated heterocycles. The Kier molecular flexibility index (Phi) is 7.87. The molecule has 0 bridgehead atoms. The molecule has 0 radical (unpaired) electrons. The number of thioether (sulfide) groups is 1. The van der Waals surface area contributed by atoms with Crippen molar-refractivity contribution in [3.05, 3.63) is 59.1 Å². The summed E-state index contributed by atoms with van der Waals surface area (Å²) in [5.74, 6) is 1.22. The summed E-state index contributed by atoms with van der Waals surface area (Å²) in [4.78, 5) is 24.5. The molecule has 162 valence electrons. The average Bonchev–Trinajstić information content (AvgIpc) is 3.15. The van der Waals surface area contributed by atoms with Gasteiger partial charge in [0.2, 0.25) is 5.91 Å². The van der Waals surface area contributed by atoms with Crippen LogP contribution in [0.1, 0.15) is 37.6 Å². The van der Waals surface area contributed by atoms with Crippen molar-refractivity contribution in [1.29, 1.82) is 0 Å². The third-order valence-corrected chi connectivity index (χ3v) is 5.73. The minimum absolute atomic E-state index is 0.0139. The summed E-state index contributed by atoms with van der Waals surface area (Å²) >= 11 is 7.45. The van der Waals surface area contributed by atoms with Crippen LogP contribution in [0.2, 0.25) is 5.02 Å². The van der Waals surface area contributed by atoms with Gasteiger partial charge in [0.05, 0.1) is 5.75 Å². The van der Waals surface area contributed by atoms with Gasteiger partial charge in [-0.1, -0.05) is 49.3 Å². The molecule has 1 amide bonds. The molecular weight excluding hydrogens is 432 g/mol. The van der Waals surface area contributed by atoms with E-state index in [1.807, 2.05) is 49.6 Å². The smallest absolute Gasteiger partial charge is 0.224 e. The third-order valence-electron chi connectivity index (χ3n) is 4.53. The summed E-state index contributed by atoms with van der Waals surface area (Å²) in [5.41, 5.74) is 2.16. The van der Waals surface area contributed by atoms with Crippen molar-refractivity contribution in [3.63, 3.8) is 0 Å². The Labute approximate surface area is 191 Å². The van der Waals surface area contributed by atoms with Crippen molar-refractivity contribution in [2.45, 2.75) is 38.9 Å². The summed E-state index contributed by atoms with van der Waals surface area (Å²) in [5, 5.41) is 12.7. The maximum absolute atomic E-state index is 12.6. The summed E-state index contributed by atoms with van der Waals surface area (Å²) in [6.07, 6.45) is 0.465. The number of aromatic nitrogens is 3. The Morgan fingerprint density at radius 3 is 2.52 bits per heavy atom. The fraction of sp³-hybridized carbons (Fsp3) is 0.304. The molecule has 6 nitrogen and oxygen atoms in total. The van der Waals surface area contributed by atoms with Crippen LogP contribution in [0.15, 0.2) is 53.7 Å². The number of ketones is 1. The first-order chi connectivity index (χ1) is 14.9. The summed E-state index contributed by atoms with van der Waals surface area (Å²) in [6, 6.07) is 14.4. The zero-order valence-corrected chi connectivity index (χ0v) is 19.3. The summed E-state index contributed by atoms with van der Waals surface area (Å²) in [7, 11) is 0. The number of benzene rings is 2.